The molecule has 0 bridgehead atoms. The molecule has 2 aromatic rings. The molecule has 3 rings (SSSR count). The van der Waals surface area contributed by atoms with E-state index in [1.54, 1.807) is 6.20 Å². The molecule has 0 spiro atoms. The van der Waals surface area contributed by atoms with Crippen LogP contribution >= 0.6 is 0 Å². The Kier molecular flexibility index (Phi) is 2.52. The fourth-order valence-electron chi connectivity index (χ4n) is 1.99. The van der Waals surface area contributed by atoms with Gasteiger partial charge in [-0.1, -0.05) is 18.2 Å². The Bertz CT molecular complexity index is 532. The highest BCUT2D eigenvalue weighted by Gasteiger charge is 2.23. The zero-order valence-corrected chi connectivity index (χ0v) is 9.85. The number of aromatic nitrogens is 2. The van der Waals surface area contributed by atoms with Crippen molar-refractivity contribution in [1.82, 2.24) is 9.97 Å². The zero-order chi connectivity index (χ0) is 11.7. The lowest BCUT2D eigenvalue weighted by Crippen LogP contribution is -1.96. The van der Waals surface area contributed by atoms with E-state index in [9.17, 15) is 0 Å². The second-order valence-corrected chi connectivity index (χ2v) is 4.42. The SMILES string of the molecule is CNc1ccnc(-c2cccc(C3CC3)c2)n1. The Hall–Kier alpha value is -1.90. The number of hydrogen-bond acceptors (Lipinski definition) is 3. The van der Waals surface area contributed by atoms with Crippen LogP contribution in [0.25, 0.3) is 11.4 Å². The van der Waals surface area contributed by atoms with E-state index in [0.29, 0.717) is 0 Å². The van der Waals surface area contributed by atoms with E-state index in [1.807, 2.05) is 13.1 Å². The van der Waals surface area contributed by atoms with Gasteiger partial charge >= 0.3 is 0 Å². The molecule has 1 aliphatic rings. The minimum absolute atomic E-state index is 0.766. The molecule has 1 saturated carbocycles. The molecule has 1 N–H and O–H groups in total. The monoisotopic (exact) mass is 225 g/mol. The molecule has 0 amide bonds. The predicted octanol–water partition coefficient (Wildman–Crippen LogP) is 3.06. The van der Waals surface area contributed by atoms with Gasteiger partial charge in [0, 0.05) is 18.8 Å². The van der Waals surface area contributed by atoms with Crippen LogP contribution < -0.4 is 5.32 Å². The average Bonchev–Trinajstić information content (AvgIpc) is 3.23. The van der Waals surface area contributed by atoms with Crippen LogP contribution in [0.3, 0.4) is 0 Å². The zero-order valence-electron chi connectivity index (χ0n) is 9.85. The van der Waals surface area contributed by atoms with Gasteiger partial charge in [-0.3, -0.25) is 0 Å². The van der Waals surface area contributed by atoms with Crippen molar-refractivity contribution in [2.75, 3.05) is 12.4 Å². The standard InChI is InChI=1S/C14H15N3/c1-15-13-7-8-16-14(17-13)12-4-2-3-11(9-12)10-5-6-10/h2-4,7-10H,5-6H2,1H3,(H,15,16,17). The van der Waals surface area contributed by atoms with Gasteiger partial charge < -0.3 is 5.32 Å². The lowest BCUT2D eigenvalue weighted by Gasteiger charge is -2.05. The van der Waals surface area contributed by atoms with E-state index >= 15 is 0 Å². The van der Waals surface area contributed by atoms with Crippen LogP contribution in [0.5, 0.6) is 0 Å². The quantitative estimate of drug-likeness (QED) is 0.872. The first kappa shape index (κ1) is 10.3. The van der Waals surface area contributed by atoms with E-state index in [4.69, 9.17) is 0 Å². The summed E-state index contributed by atoms with van der Waals surface area (Å²) in [5.41, 5.74) is 2.52. The van der Waals surface area contributed by atoms with Crippen LogP contribution in [0.2, 0.25) is 0 Å². The van der Waals surface area contributed by atoms with Crippen molar-refractivity contribution < 1.29 is 0 Å². The van der Waals surface area contributed by atoms with E-state index < -0.39 is 0 Å². The molecule has 0 atom stereocenters. The molecule has 1 aliphatic carbocycles. The molecule has 0 saturated heterocycles. The van der Waals surface area contributed by atoms with E-state index in [0.717, 1.165) is 23.1 Å². The molecule has 3 heteroatoms. The summed E-state index contributed by atoms with van der Waals surface area (Å²) in [7, 11) is 1.87. The molecule has 86 valence electrons. The number of hydrogen-bond donors (Lipinski definition) is 1. The third-order valence-electron chi connectivity index (χ3n) is 3.11. The summed E-state index contributed by atoms with van der Waals surface area (Å²) in [6, 6.07) is 10.4. The van der Waals surface area contributed by atoms with Gasteiger partial charge in [0.05, 0.1) is 0 Å². The molecule has 1 aromatic heterocycles. The van der Waals surface area contributed by atoms with Gasteiger partial charge in [0.15, 0.2) is 5.82 Å². The fourth-order valence-corrected chi connectivity index (χ4v) is 1.99. The molecule has 0 aliphatic heterocycles. The molecule has 17 heavy (non-hydrogen) atoms. The summed E-state index contributed by atoms with van der Waals surface area (Å²) < 4.78 is 0. The predicted molar refractivity (Wildman–Crippen MR) is 69.0 cm³/mol. The minimum atomic E-state index is 0.766. The van der Waals surface area contributed by atoms with Crippen LogP contribution in [0.15, 0.2) is 36.5 Å². The summed E-state index contributed by atoms with van der Waals surface area (Å²) in [5, 5.41) is 3.04. The van der Waals surface area contributed by atoms with Crippen molar-refractivity contribution in [2.24, 2.45) is 0 Å². The largest absolute Gasteiger partial charge is 0.373 e. The Labute approximate surface area is 101 Å². The topological polar surface area (TPSA) is 37.8 Å². The first-order valence-electron chi connectivity index (χ1n) is 5.98. The van der Waals surface area contributed by atoms with E-state index in [2.05, 4.69) is 39.6 Å². The maximum atomic E-state index is 4.46. The highest BCUT2D eigenvalue weighted by Crippen LogP contribution is 2.40. The Balaban J connectivity index is 1.98. The number of benzene rings is 1. The third kappa shape index (κ3) is 2.13. The highest BCUT2D eigenvalue weighted by atomic mass is 15.0. The van der Waals surface area contributed by atoms with E-state index in [1.165, 1.54) is 18.4 Å². The summed E-state index contributed by atoms with van der Waals surface area (Å²) >= 11 is 0. The maximum Gasteiger partial charge on any atom is 0.161 e. The molecule has 0 unspecified atom stereocenters. The van der Waals surface area contributed by atoms with Crippen LogP contribution in [-0.2, 0) is 0 Å². The van der Waals surface area contributed by atoms with Crippen molar-refractivity contribution in [3.05, 3.63) is 42.1 Å². The molecule has 3 nitrogen and oxygen atoms in total. The van der Waals surface area contributed by atoms with Gasteiger partial charge in [-0.25, -0.2) is 9.97 Å². The number of nitrogens with zero attached hydrogens (tertiary/aromatic N) is 2. The second kappa shape index (κ2) is 4.17. The lowest BCUT2D eigenvalue weighted by atomic mass is 10.1. The Morgan fingerprint density at radius 2 is 2.12 bits per heavy atom. The number of nitrogens with one attached hydrogen (secondary N) is 1. The Morgan fingerprint density at radius 3 is 2.88 bits per heavy atom. The molecule has 1 fully saturated rings. The van der Waals surface area contributed by atoms with Crippen molar-refractivity contribution in [1.29, 1.82) is 0 Å². The van der Waals surface area contributed by atoms with Crippen molar-refractivity contribution >= 4 is 5.82 Å². The van der Waals surface area contributed by atoms with Gasteiger partial charge in [0.25, 0.3) is 0 Å². The summed E-state index contributed by atoms with van der Waals surface area (Å²) in [6.07, 6.45) is 4.43. The van der Waals surface area contributed by atoms with Gasteiger partial charge in [-0.15, -0.1) is 0 Å². The van der Waals surface area contributed by atoms with Gasteiger partial charge in [0.1, 0.15) is 5.82 Å². The molecular formula is C14H15N3. The third-order valence-corrected chi connectivity index (χ3v) is 3.11. The van der Waals surface area contributed by atoms with Gasteiger partial charge in [-0.2, -0.15) is 0 Å². The fraction of sp³-hybridized carbons (Fsp3) is 0.286. The summed E-state index contributed by atoms with van der Waals surface area (Å²) in [6.45, 7) is 0. The summed E-state index contributed by atoms with van der Waals surface area (Å²) in [5.74, 6) is 2.41. The van der Waals surface area contributed by atoms with Gasteiger partial charge in [0.2, 0.25) is 0 Å². The smallest absolute Gasteiger partial charge is 0.161 e. The normalized spacial score (nSPS) is 14.6. The first-order chi connectivity index (χ1) is 8.36. The van der Waals surface area contributed by atoms with Crippen molar-refractivity contribution in [3.8, 4) is 11.4 Å². The first-order valence-corrected chi connectivity index (χ1v) is 5.98. The van der Waals surface area contributed by atoms with Crippen LogP contribution in [-0.4, -0.2) is 17.0 Å². The molecule has 1 aromatic carbocycles. The molecule has 0 radical (unpaired) electrons. The summed E-state index contributed by atoms with van der Waals surface area (Å²) in [4.78, 5) is 8.79. The minimum Gasteiger partial charge on any atom is -0.373 e. The van der Waals surface area contributed by atoms with Crippen molar-refractivity contribution in [3.63, 3.8) is 0 Å². The van der Waals surface area contributed by atoms with E-state index in [-0.39, 0.29) is 0 Å². The molecule has 1 heterocycles. The highest BCUT2D eigenvalue weighted by molar-refractivity contribution is 5.58. The number of anilines is 1. The second-order valence-electron chi connectivity index (χ2n) is 4.42. The average molecular weight is 225 g/mol. The van der Waals surface area contributed by atoms with Crippen LogP contribution in [0.1, 0.15) is 24.3 Å². The number of rotatable bonds is 3. The van der Waals surface area contributed by atoms with Gasteiger partial charge in [-0.05, 0) is 36.5 Å². The van der Waals surface area contributed by atoms with Crippen LogP contribution in [0.4, 0.5) is 5.82 Å². The lowest BCUT2D eigenvalue weighted by molar-refractivity contribution is 1.12. The molecular weight excluding hydrogens is 210 g/mol. The maximum absolute atomic E-state index is 4.46. The van der Waals surface area contributed by atoms with Crippen LogP contribution in [0, 0.1) is 0 Å². The van der Waals surface area contributed by atoms with Crippen molar-refractivity contribution in [2.45, 2.75) is 18.8 Å². The Morgan fingerprint density at radius 1 is 1.24 bits per heavy atom.